The Balaban J connectivity index is 1.84. The van der Waals surface area contributed by atoms with Gasteiger partial charge in [-0.25, -0.2) is 4.68 Å². The summed E-state index contributed by atoms with van der Waals surface area (Å²) >= 11 is 0. The lowest BCUT2D eigenvalue weighted by molar-refractivity contribution is -0.385. The van der Waals surface area contributed by atoms with Gasteiger partial charge >= 0.3 is 0 Å². The molecule has 3 aromatic rings. The van der Waals surface area contributed by atoms with Gasteiger partial charge in [-0.3, -0.25) is 14.9 Å². The first-order valence-electron chi connectivity index (χ1n) is 7.57. The minimum Gasteiger partial charge on any atom is -0.464 e. The van der Waals surface area contributed by atoms with Crippen LogP contribution in [0.5, 0.6) is 0 Å². The van der Waals surface area contributed by atoms with Crippen LogP contribution in [0.1, 0.15) is 27.4 Å². The SMILES string of the molecule is Cc1ccc([N+](=O)[O-])c(C(=O)Nc2ccnn2Cc2ccc(C)o2)c1. The molecule has 0 radical (unpaired) electrons. The Bertz CT molecular complexity index is 942. The fourth-order valence-corrected chi connectivity index (χ4v) is 2.46. The molecule has 1 N–H and O–H groups in total. The number of nitro benzene ring substituents is 1. The number of rotatable bonds is 5. The number of nitrogens with one attached hydrogen (secondary N) is 1. The molecule has 0 saturated heterocycles. The quantitative estimate of drug-likeness (QED) is 0.567. The maximum Gasteiger partial charge on any atom is 0.282 e. The van der Waals surface area contributed by atoms with Gasteiger partial charge in [0.25, 0.3) is 11.6 Å². The Morgan fingerprint density at radius 3 is 2.76 bits per heavy atom. The highest BCUT2D eigenvalue weighted by atomic mass is 16.6. The number of hydrogen-bond donors (Lipinski definition) is 1. The molecule has 0 aliphatic heterocycles. The van der Waals surface area contributed by atoms with Crippen molar-refractivity contribution in [1.29, 1.82) is 0 Å². The van der Waals surface area contributed by atoms with Crippen LogP contribution < -0.4 is 5.32 Å². The number of hydrogen-bond acceptors (Lipinski definition) is 5. The van der Waals surface area contributed by atoms with E-state index in [-0.39, 0.29) is 11.3 Å². The molecular weight excluding hydrogens is 324 g/mol. The van der Waals surface area contributed by atoms with E-state index < -0.39 is 10.8 Å². The number of carbonyl (C=O) groups excluding carboxylic acids is 1. The molecule has 1 amide bonds. The Kier molecular flexibility index (Phi) is 4.34. The first-order valence-corrected chi connectivity index (χ1v) is 7.57. The molecule has 2 aromatic heterocycles. The second kappa shape index (κ2) is 6.60. The molecule has 25 heavy (non-hydrogen) atoms. The first kappa shape index (κ1) is 16.4. The first-order chi connectivity index (χ1) is 11.9. The Hall–Kier alpha value is -3.42. The molecule has 0 saturated carbocycles. The van der Waals surface area contributed by atoms with Crippen LogP contribution in [0.25, 0.3) is 0 Å². The summed E-state index contributed by atoms with van der Waals surface area (Å²) in [4.78, 5) is 23.1. The van der Waals surface area contributed by atoms with E-state index in [0.717, 1.165) is 11.3 Å². The van der Waals surface area contributed by atoms with Crippen LogP contribution in [0.15, 0.2) is 47.0 Å². The zero-order valence-corrected chi connectivity index (χ0v) is 13.7. The average Bonchev–Trinajstić information content (AvgIpc) is 3.16. The summed E-state index contributed by atoms with van der Waals surface area (Å²) in [5.74, 6) is 1.34. The highest BCUT2D eigenvalue weighted by molar-refractivity contribution is 6.06. The molecular formula is C17H16N4O4. The van der Waals surface area contributed by atoms with Crippen LogP contribution >= 0.6 is 0 Å². The average molecular weight is 340 g/mol. The molecule has 8 nitrogen and oxygen atoms in total. The van der Waals surface area contributed by atoms with Crippen molar-refractivity contribution in [1.82, 2.24) is 9.78 Å². The smallest absolute Gasteiger partial charge is 0.282 e. The van der Waals surface area contributed by atoms with Gasteiger partial charge in [0.1, 0.15) is 29.4 Å². The highest BCUT2D eigenvalue weighted by Crippen LogP contribution is 2.21. The molecule has 2 heterocycles. The lowest BCUT2D eigenvalue weighted by atomic mass is 10.1. The van der Waals surface area contributed by atoms with Crippen LogP contribution in [-0.2, 0) is 6.54 Å². The lowest BCUT2D eigenvalue weighted by Crippen LogP contribution is -2.17. The Labute approximate surface area is 143 Å². The van der Waals surface area contributed by atoms with Crippen molar-refractivity contribution in [3.05, 3.63) is 75.4 Å². The Morgan fingerprint density at radius 2 is 2.08 bits per heavy atom. The van der Waals surface area contributed by atoms with Crippen LogP contribution in [0.3, 0.4) is 0 Å². The van der Waals surface area contributed by atoms with E-state index in [2.05, 4.69) is 10.4 Å². The summed E-state index contributed by atoms with van der Waals surface area (Å²) in [6, 6.07) is 9.70. The molecule has 0 aliphatic carbocycles. The van der Waals surface area contributed by atoms with Gasteiger partial charge in [-0.15, -0.1) is 0 Å². The number of aromatic nitrogens is 2. The third-order valence-electron chi connectivity index (χ3n) is 3.65. The molecule has 0 spiro atoms. The van der Waals surface area contributed by atoms with E-state index in [4.69, 9.17) is 4.42 Å². The fourth-order valence-electron chi connectivity index (χ4n) is 2.46. The number of benzene rings is 1. The number of nitro groups is 1. The van der Waals surface area contributed by atoms with Crippen LogP contribution in [0.4, 0.5) is 11.5 Å². The van der Waals surface area contributed by atoms with E-state index >= 15 is 0 Å². The third kappa shape index (κ3) is 3.57. The van der Waals surface area contributed by atoms with E-state index in [1.165, 1.54) is 18.3 Å². The standard InChI is InChI=1S/C17H16N4O4/c1-11-3-6-15(21(23)24)14(9-11)17(22)19-16-7-8-18-20(16)10-13-5-4-12(2)25-13/h3-9H,10H2,1-2H3,(H,19,22). The number of carbonyl (C=O) groups is 1. The maximum atomic E-state index is 12.5. The number of nitrogens with zero attached hydrogens (tertiary/aromatic N) is 3. The second-order valence-electron chi connectivity index (χ2n) is 5.62. The molecule has 128 valence electrons. The van der Waals surface area contributed by atoms with Crippen LogP contribution in [0.2, 0.25) is 0 Å². The zero-order chi connectivity index (χ0) is 18.0. The summed E-state index contributed by atoms with van der Waals surface area (Å²) in [6.07, 6.45) is 1.54. The molecule has 8 heteroatoms. The van der Waals surface area contributed by atoms with Gasteiger partial charge in [0, 0.05) is 12.1 Å². The van der Waals surface area contributed by atoms with Crippen molar-refractivity contribution in [2.45, 2.75) is 20.4 Å². The van der Waals surface area contributed by atoms with Crippen LogP contribution in [0, 0.1) is 24.0 Å². The lowest BCUT2D eigenvalue weighted by Gasteiger charge is -2.09. The minimum atomic E-state index is -0.572. The van der Waals surface area contributed by atoms with Crippen molar-refractivity contribution in [2.75, 3.05) is 5.32 Å². The van der Waals surface area contributed by atoms with Gasteiger partial charge in [0.05, 0.1) is 11.1 Å². The summed E-state index contributed by atoms with van der Waals surface area (Å²) in [5, 5.41) is 18.0. The number of aryl methyl sites for hydroxylation is 2. The molecule has 3 rings (SSSR count). The van der Waals surface area contributed by atoms with E-state index in [9.17, 15) is 14.9 Å². The summed E-state index contributed by atoms with van der Waals surface area (Å²) < 4.78 is 7.06. The highest BCUT2D eigenvalue weighted by Gasteiger charge is 2.21. The normalized spacial score (nSPS) is 10.6. The largest absolute Gasteiger partial charge is 0.464 e. The molecule has 0 unspecified atom stereocenters. The Morgan fingerprint density at radius 1 is 1.28 bits per heavy atom. The maximum absolute atomic E-state index is 12.5. The van der Waals surface area contributed by atoms with Crippen LogP contribution in [-0.4, -0.2) is 20.6 Å². The van der Waals surface area contributed by atoms with Gasteiger partial charge in [-0.05, 0) is 37.6 Å². The van der Waals surface area contributed by atoms with E-state index in [0.29, 0.717) is 18.1 Å². The summed E-state index contributed by atoms with van der Waals surface area (Å²) in [6.45, 7) is 3.95. The van der Waals surface area contributed by atoms with E-state index in [1.807, 2.05) is 19.1 Å². The van der Waals surface area contributed by atoms with Crippen molar-refractivity contribution >= 4 is 17.4 Å². The molecule has 1 aromatic carbocycles. The number of furan rings is 1. The van der Waals surface area contributed by atoms with Gasteiger partial charge in [-0.2, -0.15) is 5.10 Å². The van der Waals surface area contributed by atoms with Crippen molar-refractivity contribution in [3.8, 4) is 0 Å². The summed E-state index contributed by atoms with van der Waals surface area (Å²) in [5.41, 5.74) is 0.526. The molecule has 0 aliphatic rings. The van der Waals surface area contributed by atoms with Gasteiger partial charge in [0.15, 0.2) is 0 Å². The third-order valence-corrected chi connectivity index (χ3v) is 3.65. The van der Waals surface area contributed by atoms with Crippen molar-refractivity contribution in [2.24, 2.45) is 0 Å². The molecule has 0 fully saturated rings. The van der Waals surface area contributed by atoms with Gasteiger partial charge in [0.2, 0.25) is 0 Å². The van der Waals surface area contributed by atoms with Gasteiger partial charge < -0.3 is 9.73 Å². The van der Waals surface area contributed by atoms with E-state index in [1.54, 1.807) is 23.7 Å². The molecule has 0 atom stereocenters. The molecule has 0 bridgehead atoms. The predicted molar refractivity (Wildman–Crippen MR) is 90.6 cm³/mol. The monoisotopic (exact) mass is 340 g/mol. The minimum absolute atomic E-state index is 0.00610. The van der Waals surface area contributed by atoms with Gasteiger partial charge in [-0.1, -0.05) is 6.07 Å². The number of amides is 1. The zero-order valence-electron chi connectivity index (χ0n) is 13.7. The second-order valence-corrected chi connectivity index (χ2v) is 5.62. The number of anilines is 1. The van der Waals surface area contributed by atoms with Crippen molar-refractivity contribution < 1.29 is 14.1 Å². The predicted octanol–water partition coefficient (Wildman–Crippen LogP) is 3.30. The fraction of sp³-hybridized carbons (Fsp3) is 0.176. The topological polar surface area (TPSA) is 103 Å². The van der Waals surface area contributed by atoms with Crippen molar-refractivity contribution in [3.63, 3.8) is 0 Å². The summed E-state index contributed by atoms with van der Waals surface area (Å²) in [7, 11) is 0.